The van der Waals surface area contributed by atoms with Crippen molar-refractivity contribution in [2.24, 2.45) is 0 Å². The fraction of sp³-hybridized carbons (Fsp3) is 0.455. The van der Waals surface area contributed by atoms with Crippen molar-refractivity contribution in [2.45, 2.75) is 13.0 Å². The van der Waals surface area contributed by atoms with E-state index in [-0.39, 0.29) is 13.4 Å². The molecule has 0 saturated carbocycles. The first kappa shape index (κ1) is 10.3. The van der Waals surface area contributed by atoms with Crippen LogP contribution >= 0.6 is 0 Å². The highest BCUT2D eigenvalue weighted by Crippen LogP contribution is 2.37. The molecule has 1 aliphatic heterocycles. The molecule has 0 aromatic heterocycles. The third-order valence-electron chi connectivity index (χ3n) is 2.40. The maximum atomic E-state index is 9.01. The second-order valence-electron chi connectivity index (χ2n) is 3.34. The van der Waals surface area contributed by atoms with Gasteiger partial charge >= 0.3 is 0 Å². The monoisotopic (exact) mass is 210 g/mol. The Labute approximate surface area is 88.4 Å². The summed E-state index contributed by atoms with van der Waals surface area (Å²) in [5, 5.41) is 9.01. The second kappa shape index (κ2) is 4.51. The van der Waals surface area contributed by atoms with Gasteiger partial charge in [0.1, 0.15) is 0 Å². The van der Waals surface area contributed by atoms with Gasteiger partial charge in [-0.15, -0.1) is 0 Å². The molecule has 0 atom stereocenters. The van der Waals surface area contributed by atoms with E-state index in [0.29, 0.717) is 13.0 Å². The van der Waals surface area contributed by atoms with Crippen LogP contribution in [0.1, 0.15) is 11.1 Å². The number of fused-ring (bicyclic) bond motifs is 1. The molecule has 1 heterocycles. The van der Waals surface area contributed by atoms with Crippen molar-refractivity contribution in [3.05, 3.63) is 23.3 Å². The number of ether oxygens (including phenoxy) is 3. The highest BCUT2D eigenvalue weighted by molar-refractivity contribution is 5.52. The van der Waals surface area contributed by atoms with Crippen molar-refractivity contribution < 1.29 is 19.3 Å². The molecular weight excluding hydrogens is 196 g/mol. The fourth-order valence-electron chi connectivity index (χ4n) is 1.75. The zero-order chi connectivity index (χ0) is 10.7. The van der Waals surface area contributed by atoms with Crippen LogP contribution in [0.15, 0.2) is 12.1 Å². The Morgan fingerprint density at radius 2 is 2.27 bits per heavy atom. The SMILES string of the molecule is COCc1ccc2c(c1CCO)OCO2. The Kier molecular flexibility index (Phi) is 3.08. The highest BCUT2D eigenvalue weighted by Gasteiger charge is 2.20. The van der Waals surface area contributed by atoms with Crippen LogP contribution in [0.5, 0.6) is 11.5 Å². The molecule has 2 rings (SSSR count). The van der Waals surface area contributed by atoms with Crippen molar-refractivity contribution in [2.75, 3.05) is 20.5 Å². The Hall–Kier alpha value is -1.26. The van der Waals surface area contributed by atoms with Gasteiger partial charge in [-0.1, -0.05) is 6.07 Å². The summed E-state index contributed by atoms with van der Waals surface area (Å²) in [6.07, 6.45) is 0.561. The molecule has 4 nitrogen and oxygen atoms in total. The summed E-state index contributed by atoms with van der Waals surface area (Å²) in [5.74, 6) is 1.50. The normalized spacial score (nSPS) is 13.2. The molecule has 15 heavy (non-hydrogen) atoms. The molecule has 1 aromatic carbocycles. The summed E-state index contributed by atoms with van der Waals surface area (Å²) in [6, 6.07) is 3.82. The molecule has 4 heteroatoms. The number of methoxy groups -OCH3 is 1. The van der Waals surface area contributed by atoms with Gasteiger partial charge in [0.15, 0.2) is 11.5 Å². The van der Waals surface area contributed by atoms with Gasteiger partial charge in [-0.2, -0.15) is 0 Å². The highest BCUT2D eigenvalue weighted by atomic mass is 16.7. The molecular formula is C11H14O4. The van der Waals surface area contributed by atoms with Crippen molar-refractivity contribution in [3.8, 4) is 11.5 Å². The van der Waals surface area contributed by atoms with Crippen LogP contribution in [-0.2, 0) is 17.8 Å². The smallest absolute Gasteiger partial charge is 0.231 e. The van der Waals surface area contributed by atoms with Crippen molar-refractivity contribution in [3.63, 3.8) is 0 Å². The lowest BCUT2D eigenvalue weighted by Gasteiger charge is -2.10. The maximum absolute atomic E-state index is 9.01. The Morgan fingerprint density at radius 1 is 1.40 bits per heavy atom. The fourth-order valence-corrected chi connectivity index (χ4v) is 1.75. The van der Waals surface area contributed by atoms with Crippen LogP contribution in [-0.4, -0.2) is 25.6 Å². The van der Waals surface area contributed by atoms with E-state index in [1.54, 1.807) is 7.11 Å². The largest absolute Gasteiger partial charge is 0.454 e. The van der Waals surface area contributed by atoms with E-state index in [2.05, 4.69) is 0 Å². The first-order chi connectivity index (χ1) is 7.36. The minimum atomic E-state index is 0.0938. The van der Waals surface area contributed by atoms with Crippen LogP contribution in [0.25, 0.3) is 0 Å². The zero-order valence-electron chi connectivity index (χ0n) is 8.66. The summed E-state index contributed by atoms with van der Waals surface area (Å²) < 4.78 is 15.8. The number of benzene rings is 1. The standard InChI is InChI=1S/C11H14O4/c1-13-6-8-2-3-10-11(15-7-14-10)9(8)4-5-12/h2-3,12H,4-7H2,1H3. The van der Waals surface area contributed by atoms with Crippen LogP contribution < -0.4 is 9.47 Å². The van der Waals surface area contributed by atoms with Crippen molar-refractivity contribution in [1.29, 1.82) is 0 Å². The molecule has 0 radical (unpaired) electrons. The van der Waals surface area contributed by atoms with Gasteiger partial charge in [0.2, 0.25) is 6.79 Å². The first-order valence-corrected chi connectivity index (χ1v) is 4.87. The van der Waals surface area contributed by atoms with Gasteiger partial charge in [0.25, 0.3) is 0 Å². The lowest BCUT2D eigenvalue weighted by Crippen LogP contribution is -2.01. The van der Waals surface area contributed by atoms with Gasteiger partial charge in [0, 0.05) is 19.3 Å². The molecule has 0 fully saturated rings. The first-order valence-electron chi connectivity index (χ1n) is 4.87. The van der Waals surface area contributed by atoms with E-state index in [9.17, 15) is 0 Å². The summed E-state index contributed by atoms with van der Waals surface area (Å²) in [6.45, 7) is 0.868. The average Bonchev–Trinajstić information content (AvgIpc) is 2.70. The van der Waals surface area contributed by atoms with Gasteiger partial charge in [-0.25, -0.2) is 0 Å². The van der Waals surface area contributed by atoms with E-state index < -0.39 is 0 Å². The van der Waals surface area contributed by atoms with Crippen LogP contribution in [0.3, 0.4) is 0 Å². The van der Waals surface area contributed by atoms with Gasteiger partial charge in [-0.3, -0.25) is 0 Å². The molecule has 1 aliphatic rings. The summed E-state index contributed by atoms with van der Waals surface area (Å²) in [7, 11) is 1.65. The van der Waals surface area contributed by atoms with E-state index in [4.69, 9.17) is 19.3 Å². The Morgan fingerprint density at radius 3 is 3.00 bits per heavy atom. The Bertz CT molecular complexity index is 349. The number of aliphatic hydroxyl groups is 1. The van der Waals surface area contributed by atoms with Crippen LogP contribution in [0, 0.1) is 0 Å². The third kappa shape index (κ3) is 1.91. The summed E-state index contributed by atoms with van der Waals surface area (Å²) in [5.41, 5.74) is 2.02. The second-order valence-corrected chi connectivity index (χ2v) is 3.34. The van der Waals surface area contributed by atoms with Crippen molar-refractivity contribution in [1.82, 2.24) is 0 Å². The van der Waals surface area contributed by atoms with Crippen molar-refractivity contribution >= 4 is 0 Å². The van der Waals surface area contributed by atoms with Gasteiger partial charge in [0.05, 0.1) is 6.61 Å². The predicted molar refractivity (Wildman–Crippen MR) is 54.1 cm³/mol. The van der Waals surface area contributed by atoms with Crippen LogP contribution in [0.4, 0.5) is 0 Å². The number of rotatable bonds is 4. The molecule has 0 saturated heterocycles. The summed E-state index contributed by atoms with van der Waals surface area (Å²) in [4.78, 5) is 0. The lowest BCUT2D eigenvalue weighted by molar-refractivity contribution is 0.171. The van der Waals surface area contributed by atoms with E-state index >= 15 is 0 Å². The molecule has 0 spiro atoms. The number of hydrogen-bond acceptors (Lipinski definition) is 4. The average molecular weight is 210 g/mol. The van der Waals surface area contributed by atoms with E-state index in [1.165, 1.54) is 0 Å². The van der Waals surface area contributed by atoms with Crippen LogP contribution in [0.2, 0.25) is 0 Å². The quantitative estimate of drug-likeness (QED) is 0.808. The molecule has 0 amide bonds. The number of hydrogen-bond donors (Lipinski definition) is 1. The molecule has 0 aliphatic carbocycles. The molecule has 0 bridgehead atoms. The molecule has 82 valence electrons. The lowest BCUT2D eigenvalue weighted by atomic mass is 10.0. The maximum Gasteiger partial charge on any atom is 0.231 e. The van der Waals surface area contributed by atoms with Gasteiger partial charge in [-0.05, 0) is 18.1 Å². The molecule has 1 N–H and O–H groups in total. The van der Waals surface area contributed by atoms with E-state index in [1.807, 2.05) is 12.1 Å². The summed E-state index contributed by atoms with van der Waals surface area (Å²) >= 11 is 0. The van der Waals surface area contributed by atoms with Gasteiger partial charge < -0.3 is 19.3 Å². The third-order valence-corrected chi connectivity index (χ3v) is 2.40. The number of aliphatic hydroxyl groups excluding tert-OH is 1. The molecule has 1 aromatic rings. The zero-order valence-corrected chi connectivity index (χ0v) is 8.66. The van der Waals surface area contributed by atoms with E-state index in [0.717, 1.165) is 22.6 Å². The topological polar surface area (TPSA) is 47.9 Å². The molecule has 0 unspecified atom stereocenters. The predicted octanol–water partition coefficient (Wildman–Crippen LogP) is 1.10. The Balaban J connectivity index is 2.38. The minimum absolute atomic E-state index is 0.0938. The minimum Gasteiger partial charge on any atom is -0.454 e.